The average Bonchev–Trinajstić information content (AvgIpc) is 3.22. The van der Waals surface area contributed by atoms with Crippen LogP contribution >= 0.6 is 0 Å². The normalized spacial score (nSPS) is 19.2. The molecule has 0 saturated carbocycles. The molecular formula is C17H26N6O. The van der Waals surface area contributed by atoms with Crippen molar-refractivity contribution < 1.29 is 4.79 Å². The van der Waals surface area contributed by atoms with E-state index in [1.807, 2.05) is 16.5 Å². The van der Waals surface area contributed by atoms with Crippen LogP contribution in [-0.2, 0) is 11.3 Å². The van der Waals surface area contributed by atoms with Gasteiger partial charge in [-0.15, -0.1) is 0 Å². The SMILES string of the molecule is Cc1cc(C)n(C[C@@H]2CCCN2C(=O)[C@H](C(C)C)n2cncn2)n1. The first kappa shape index (κ1) is 16.7. The maximum atomic E-state index is 13.2. The van der Waals surface area contributed by atoms with Gasteiger partial charge >= 0.3 is 0 Å². The van der Waals surface area contributed by atoms with Gasteiger partial charge in [0.05, 0.1) is 18.3 Å². The molecule has 2 aromatic heterocycles. The van der Waals surface area contributed by atoms with E-state index in [1.54, 1.807) is 11.0 Å². The van der Waals surface area contributed by atoms with E-state index >= 15 is 0 Å². The second-order valence-corrected chi connectivity index (χ2v) is 7.00. The summed E-state index contributed by atoms with van der Waals surface area (Å²) >= 11 is 0. The number of hydrogen-bond donors (Lipinski definition) is 0. The van der Waals surface area contributed by atoms with Crippen molar-refractivity contribution in [2.45, 2.75) is 59.2 Å². The molecule has 0 bridgehead atoms. The van der Waals surface area contributed by atoms with Crippen LogP contribution in [0.4, 0.5) is 0 Å². The largest absolute Gasteiger partial charge is 0.336 e. The Balaban J connectivity index is 1.79. The van der Waals surface area contributed by atoms with E-state index in [2.05, 4.69) is 42.0 Å². The highest BCUT2D eigenvalue weighted by Gasteiger charge is 2.36. The smallest absolute Gasteiger partial charge is 0.248 e. The number of amides is 1. The van der Waals surface area contributed by atoms with Crippen molar-refractivity contribution in [3.05, 3.63) is 30.1 Å². The number of nitrogens with zero attached hydrogens (tertiary/aromatic N) is 6. The van der Waals surface area contributed by atoms with Crippen LogP contribution in [0.5, 0.6) is 0 Å². The van der Waals surface area contributed by atoms with E-state index in [9.17, 15) is 4.79 Å². The molecule has 7 heteroatoms. The van der Waals surface area contributed by atoms with E-state index in [4.69, 9.17) is 0 Å². The van der Waals surface area contributed by atoms with Crippen molar-refractivity contribution in [3.63, 3.8) is 0 Å². The molecule has 0 unspecified atom stereocenters. The van der Waals surface area contributed by atoms with Gasteiger partial charge in [0, 0.05) is 12.2 Å². The van der Waals surface area contributed by atoms with Crippen LogP contribution in [0.1, 0.15) is 44.1 Å². The van der Waals surface area contributed by atoms with Gasteiger partial charge in [0.15, 0.2) is 0 Å². The molecule has 0 N–H and O–H groups in total. The predicted octanol–water partition coefficient (Wildman–Crippen LogP) is 1.98. The first-order valence-electron chi connectivity index (χ1n) is 8.63. The maximum absolute atomic E-state index is 13.2. The highest BCUT2D eigenvalue weighted by molar-refractivity contribution is 5.81. The van der Waals surface area contributed by atoms with Gasteiger partial charge in [0.1, 0.15) is 18.7 Å². The Kier molecular flexibility index (Phi) is 4.69. The minimum Gasteiger partial charge on any atom is -0.336 e. The maximum Gasteiger partial charge on any atom is 0.248 e. The molecule has 1 saturated heterocycles. The topological polar surface area (TPSA) is 68.8 Å². The summed E-state index contributed by atoms with van der Waals surface area (Å²) in [6, 6.07) is 1.97. The molecule has 0 spiro atoms. The fourth-order valence-electron chi connectivity index (χ4n) is 3.61. The number of aryl methyl sites for hydroxylation is 2. The lowest BCUT2D eigenvalue weighted by atomic mass is 10.0. The van der Waals surface area contributed by atoms with Crippen LogP contribution in [0, 0.1) is 19.8 Å². The molecule has 3 heterocycles. The second kappa shape index (κ2) is 6.75. The van der Waals surface area contributed by atoms with E-state index in [1.165, 1.54) is 6.33 Å². The first-order chi connectivity index (χ1) is 11.5. The zero-order chi connectivity index (χ0) is 17.3. The number of carbonyl (C=O) groups excluding carboxylic acids is 1. The van der Waals surface area contributed by atoms with Gasteiger partial charge in [0.25, 0.3) is 0 Å². The van der Waals surface area contributed by atoms with E-state index in [0.29, 0.717) is 0 Å². The molecule has 7 nitrogen and oxygen atoms in total. The fraction of sp³-hybridized carbons (Fsp3) is 0.647. The quantitative estimate of drug-likeness (QED) is 0.840. The second-order valence-electron chi connectivity index (χ2n) is 7.00. The van der Waals surface area contributed by atoms with E-state index < -0.39 is 0 Å². The summed E-state index contributed by atoms with van der Waals surface area (Å²) in [6.07, 6.45) is 5.18. The molecule has 0 aliphatic carbocycles. The van der Waals surface area contributed by atoms with Crippen LogP contribution in [0.25, 0.3) is 0 Å². The van der Waals surface area contributed by atoms with Gasteiger partial charge in [-0.1, -0.05) is 13.8 Å². The van der Waals surface area contributed by atoms with Gasteiger partial charge in [-0.3, -0.25) is 9.48 Å². The Hall–Kier alpha value is -2.18. The lowest BCUT2D eigenvalue weighted by Crippen LogP contribution is -2.44. The van der Waals surface area contributed by atoms with Gasteiger partial charge < -0.3 is 4.90 Å². The number of hydrogen-bond acceptors (Lipinski definition) is 4. The Morgan fingerprint density at radius 1 is 1.38 bits per heavy atom. The van der Waals surface area contributed by atoms with Crippen molar-refractivity contribution >= 4 is 5.91 Å². The molecule has 1 amide bonds. The molecule has 0 radical (unpaired) electrons. The average molecular weight is 330 g/mol. The molecule has 1 fully saturated rings. The van der Waals surface area contributed by atoms with Crippen molar-refractivity contribution in [2.24, 2.45) is 5.92 Å². The van der Waals surface area contributed by atoms with Crippen molar-refractivity contribution in [1.29, 1.82) is 0 Å². The molecule has 1 aliphatic rings. The van der Waals surface area contributed by atoms with Gasteiger partial charge in [-0.05, 0) is 38.7 Å². The summed E-state index contributed by atoms with van der Waals surface area (Å²) in [5, 5.41) is 8.75. The number of rotatable bonds is 5. The van der Waals surface area contributed by atoms with Crippen LogP contribution in [0.3, 0.4) is 0 Å². The first-order valence-corrected chi connectivity index (χ1v) is 8.63. The molecule has 2 aromatic rings. The third kappa shape index (κ3) is 3.20. The van der Waals surface area contributed by atoms with Crippen LogP contribution in [0.15, 0.2) is 18.7 Å². The minimum atomic E-state index is -0.298. The third-order valence-electron chi connectivity index (χ3n) is 4.75. The monoisotopic (exact) mass is 330 g/mol. The van der Waals surface area contributed by atoms with Crippen LogP contribution in [0.2, 0.25) is 0 Å². The standard InChI is InChI=1S/C17H26N6O/c1-12(2)16(23-11-18-10-19-23)17(24)21-7-5-6-15(21)9-22-14(4)8-13(3)20-22/h8,10-12,15-16H,5-7,9H2,1-4H3/t15-,16-/m0/s1. The molecule has 130 valence electrons. The third-order valence-corrected chi connectivity index (χ3v) is 4.75. The summed E-state index contributed by atoms with van der Waals surface area (Å²) in [5.74, 6) is 0.300. The fourth-order valence-corrected chi connectivity index (χ4v) is 3.61. The summed E-state index contributed by atoms with van der Waals surface area (Å²) in [4.78, 5) is 19.2. The summed E-state index contributed by atoms with van der Waals surface area (Å²) in [5.41, 5.74) is 2.16. The summed E-state index contributed by atoms with van der Waals surface area (Å²) in [7, 11) is 0. The van der Waals surface area contributed by atoms with Crippen LogP contribution in [-0.4, -0.2) is 47.9 Å². The highest BCUT2D eigenvalue weighted by Crippen LogP contribution is 2.26. The zero-order valence-corrected chi connectivity index (χ0v) is 14.9. The Morgan fingerprint density at radius 2 is 2.17 bits per heavy atom. The van der Waals surface area contributed by atoms with Gasteiger partial charge in [-0.25, -0.2) is 9.67 Å². The molecule has 3 rings (SSSR count). The number of carbonyl (C=O) groups is 1. The van der Waals surface area contributed by atoms with E-state index in [0.717, 1.165) is 37.3 Å². The zero-order valence-electron chi connectivity index (χ0n) is 14.9. The minimum absolute atomic E-state index is 0.138. The molecule has 1 aliphatic heterocycles. The molecule has 24 heavy (non-hydrogen) atoms. The summed E-state index contributed by atoms with van der Waals surface area (Å²) < 4.78 is 3.71. The lowest BCUT2D eigenvalue weighted by Gasteiger charge is -2.30. The Morgan fingerprint density at radius 3 is 2.75 bits per heavy atom. The highest BCUT2D eigenvalue weighted by atomic mass is 16.2. The lowest BCUT2D eigenvalue weighted by molar-refractivity contribution is -0.137. The predicted molar refractivity (Wildman–Crippen MR) is 90.3 cm³/mol. The van der Waals surface area contributed by atoms with Crippen molar-refractivity contribution in [2.75, 3.05) is 6.54 Å². The summed E-state index contributed by atoms with van der Waals surface area (Å²) in [6.45, 7) is 9.73. The Bertz CT molecular complexity index is 690. The van der Waals surface area contributed by atoms with Crippen molar-refractivity contribution in [3.8, 4) is 0 Å². The van der Waals surface area contributed by atoms with Crippen molar-refractivity contribution in [1.82, 2.24) is 29.4 Å². The molecule has 0 aromatic carbocycles. The van der Waals surface area contributed by atoms with Gasteiger partial charge in [0.2, 0.25) is 5.91 Å². The molecule has 2 atom stereocenters. The Labute approximate surface area is 142 Å². The van der Waals surface area contributed by atoms with Crippen LogP contribution < -0.4 is 0 Å². The number of likely N-dealkylation sites (tertiary alicyclic amines) is 1. The number of aromatic nitrogens is 5. The molecular weight excluding hydrogens is 304 g/mol. The van der Waals surface area contributed by atoms with Gasteiger partial charge in [-0.2, -0.15) is 10.2 Å². The van der Waals surface area contributed by atoms with E-state index in [-0.39, 0.29) is 23.9 Å².